The van der Waals surface area contributed by atoms with Gasteiger partial charge in [-0.2, -0.15) is 0 Å². The molecule has 0 bridgehead atoms. The Kier molecular flexibility index (Phi) is 6.02. The quantitative estimate of drug-likeness (QED) is 0.625. The number of hydrogen-bond acceptors (Lipinski definition) is 1. The number of ether oxygens (including phenoxy) is 1. The molecule has 0 spiro atoms. The molecule has 1 rings (SSSR count). The Balaban J connectivity index is 2.07. The van der Waals surface area contributed by atoms with E-state index < -0.39 is 0 Å². The first-order valence-corrected chi connectivity index (χ1v) is 5.65. The third kappa shape index (κ3) is 5.53. The second kappa shape index (κ2) is 7.41. The number of benzene rings is 1. The highest BCUT2D eigenvalue weighted by Crippen LogP contribution is 2.03. The SMILES string of the molecule is CCCCCOCCc1ccc(F)cc1. The summed E-state index contributed by atoms with van der Waals surface area (Å²) >= 11 is 0. The zero-order chi connectivity index (χ0) is 10.9. The summed E-state index contributed by atoms with van der Waals surface area (Å²) in [4.78, 5) is 0. The van der Waals surface area contributed by atoms with Crippen LogP contribution in [0.25, 0.3) is 0 Å². The van der Waals surface area contributed by atoms with E-state index in [2.05, 4.69) is 6.92 Å². The third-order valence-corrected chi connectivity index (χ3v) is 2.34. The summed E-state index contributed by atoms with van der Waals surface area (Å²) in [5.74, 6) is -0.178. The third-order valence-electron chi connectivity index (χ3n) is 2.34. The van der Waals surface area contributed by atoms with Crippen molar-refractivity contribution in [2.75, 3.05) is 13.2 Å². The Morgan fingerprint density at radius 3 is 2.47 bits per heavy atom. The van der Waals surface area contributed by atoms with Crippen LogP contribution >= 0.6 is 0 Å². The fraction of sp³-hybridized carbons (Fsp3) is 0.538. The Morgan fingerprint density at radius 1 is 1.07 bits per heavy atom. The Labute approximate surface area is 91.3 Å². The lowest BCUT2D eigenvalue weighted by molar-refractivity contribution is 0.133. The Morgan fingerprint density at radius 2 is 1.80 bits per heavy atom. The van der Waals surface area contributed by atoms with Gasteiger partial charge >= 0.3 is 0 Å². The molecular weight excluding hydrogens is 191 g/mol. The summed E-state index contributed by atoms with van der Waals surface area (Å²) in [5, 5.41) is 0. The van der Waals surface area contributed by atoms with Gasteiger partial charge < -0.3 is 4.74 Å². The summed E-state index contributed by atoms with van der Waals surface area (Å²) in [6.45, 7) is 3.75. The minimum Gasteiger partial charge on any atom is -0.381 e. The van der Waals surface area contributed by atoms with Gasteiger partial charge in [-0.15, -0.1) is 0 Å². The molecule has 84 valence electrons. The molecule has 1 aromatic rings. The van der Waals surface area contributed by atoms with E-state index >= 15 is 0 Å². The van der Waals surface area contributed by atoms with Gasteiger partial charge in [0.25, 0.3) is 0 Å². The summed E-state index contributed by atoms with van der Waals surface area (Å²) in [6, 6.07) is 6.61. The second-order valence-corrected chi connectivity index (χ2v) is 3.70. The van der Waals surface area contributed by atoms with Crippen LogP contribution in [-0.4, -0.2) is 13.2 Å². The topological polar surface area (TPSA) is 9.23 Å². The molecule has 15 heavy (non-hydrogen) atoms. The van der Waals surface area contributed by atoms with Gasteiger partial charge in [-0.25, -0.2) is 4.39 Å². The molecule has 1 aromatic carbocycles. The number of unbranched alkanes of at least 4 members (excludes halogenated alkanes) is 2. The number of rotatable bonds is 7. The molecule has 0 aromatic heterocycles. The molecular formula is C13H19FO. The van der Waals surface area contributed by atoms with E-state index in [0.717, 1.165) is 31.6 Å². The maximum Gasteiger partial charge on any atom is 0.123 e. The minimum atomic E-state index is -0.178. The number of halogens is 1. The minimum absolute atomic E-state index is 0.178. The molecule has 0 aliphatic heterocycles. The molecule has 0 N–H and O–H groups in total. The smallest absolute Gasteiger partial charge is 0.123 e. The molecule has 0 aliphatic carbocycles. The molecule has 0 unspecified atom stereocenters. The van der Waals surface area contributed by atoms with Crippen LogP contribution in [0.5, 0.6) is 0 Å². The van der Waals surface area contributed by atoms with Gasteiger partial charge in [0.1, 0.15) is 5.82 Å². The first-order chi connectivity index (χ1) is 7.33. The largest absolute Gasteiger partial charge is 0.381 e. The van der Waals surface area contributed by atoms with Gasteiger partial charge in [-0.3, -0.25) is 0 Å². The average Bonchev–Trinajstić information content (AvgIpc) is 2.26. The van der Waals surface area contributed by atoms with E-state index in [1.54, 1.807) is 0 Å². The Bertz CT molecular complexity index is 256. The van der Waals surface area contributed by atoms with Crippen LogP contribution in [0.4, 0.5) is 4.39 Å². The van der Waals surface area contributed by atoms with Crippen molar-refractivity contribution in [2.45, 2.75) is 32.6 Å². The molecule has 0 radical (unpaired) electrons. The summed E-state index contributed by atoms with van der Waals surface area (Å²) in [5.41, 5.74) is 1.13. The van der Waals surface area contributed by atoms with Crippen molar-refractivity contribution >= 4 is 0 Å². The zero-order valence-corrected chi connectivity index (χ0v) is 9.34. The monoisotopic (exact) mass is 210 g/mol. The Hall–Kier alpha value is -0.890. The van der Waals surface area contributed by atoms with E-state index in [0.29, 0.717) is 0 Å². The molecule has 1 nitrogen and oxygen atoms in total. The fourth-order valence-electron chi connectivity index (χ4n) is 1.40. The lowest BCUT2D eigenvalue weighted by Crippen LogP contribution is -2.00. The van der Waals surface area contributed by atoms with E-state index in [1.165, 1.54) is 25.0 Å². The van der Waals surface area contributed by atoms with Crippen LogP contribution in [0.3, 0.4) is 0 Å². The van der Waals surface area contributed by atoms with Gasteiger partial charge in [-0.05, 0) is 30.5 Å². The van der Waals surface area contributed by atoms with E-state index in [4.69, 9.17) is 4.74 Å². The summed E-state index contributed by atoms with van der Waals surface area (Å²) in [6.07, 6.45) is 4.46. The van der Waals surface area contributed by atoms with Gasteiger partial charge in [0.2, 0.25) is 0 Å². The first kappa shape index (κ1) is 12.2. The van der Waals surface area contributed by atoms with Crippen LogP contribution in [-0.2, 0) is 11.2 Å². The number of hydrogen-bond donors (Lipinski definition) is 0. The van der Waals surface area contributed by atoms with Gasteiger partial charge in [0.15, 0.2) is 0 Å². The van der Waals surface area contributed by atoms with Crippen molar-refractivity contribution in [1.29, 1.82) is 0 Å². The van der Waals surface area contributed by atoms with Crippen molar-refractivity contribution in [3.05, 3.63) is 35.6 Å². The van der Waals surface area contributed by atoms with Crippen LogP contribution < -0.4 is 0 Å². The molecule has 0 heterocycles. The maximum absolute atomic E-state index is 12.6. The van der Waals surface area contributed by atoms with Crippen LogP contribution in [0, 0.1) is 5.82 Å². The predicted molar refractivity (Wildman–Crippen MR) is 60.4 cm³/mol. The highest BCUT2D eigenvalue weighted by atomic mass is 19.1. The van der Waals surface area contributed by atoms with Crippen molar-refractivity contribution in [1.82, 2.24) is 0 Å². The van der Waals surface area contributed by atoms with Crippen molar-refractivity contribution in [2.24, 2.45) is 0 Å². The normalized spacial score (nSPS) is 10.5. The molecule has 2 heteroatoms. The van der Waals surface area contributed by atoms with Crippen LogP contribution in [0.2, 0.25) is 0 Å². The van der Waals surface area contributed by atoms with Crippen molar-refractivity contribution in [3.63, 3.8) is 0 Å². The highest BCUT2D eigenvalue weighted by molar-refractivity contribution is 5.15. The van der Waals surface area contributed by atoms with Crippen molar-refractivity contribution < 1.29 is 9.13 Å². The predicted octanol–water partition coefficient (Wildman–Crippen LogP) is 3.58. The molecule has 0 fully saturated rings. The fourth-order valence-corrected chi connectivity index (χ4v) is 1.40. The van der Waals surface area contributed by atoms with Gasteiger partial charge in [0, 0.05) is 6.61 Å². The van der Waals surface area contributed by atoms with Crippen LogP contribution in [0.1, 0.15) is 31.7 Å². The molecule has 0 atom stereocenters. The first-order valence-electron chi connectivity index (χ1n) is 5.65. The highest BCUT2D eigenvalue weighted by Gasteiger charge is 1.94. The zero-order valence-electron chi connectivity index (χ0n) is 9.34. The summed E-state index contributed by atoms with van der Waals surface area (Å²) in [7, 11) is 0. The standard InChI is InChI=1S/C13H19FO/c1-2-3-4-10-15-11-9-12-5-7-13(14)8-6-12/h5-8H,2-4,9-11H2,1H3. The average molecular weight is 210 g/mol. The van der Waals surface area contributed by atoms with Gasteiger partial charge in [-0.1, -0.05) is 31.9 Å². The molecule has 0 aliphatic rings. The van der Waals surface area contributed by atoms with Crippen molar-refractivity contribution in [3.8, 4) is 0 Å². The summed E-state index contributed by atoms with van der Waals surface area (Å²) < 4.78 is 18.1. The van der Waals surface area contributed by atoms with E-state index in [9.17, 15) is 4.39 Å². The van der Waals surface area contributed by atoms with Crippen LogP contribution in [0.15, 0.2) is 24.3 Å². The molecule has 0 saturated heterocycles. The van der Waals surface area contributed by atoms with Gasteiger partial charge in [0.05, 0.1) is 6.61 Å². The van der Waals surface area contributed by atoms with E-state index in [1.807, 2.05) is 12.1 Å². The maximum atomic E-state index is 12.6. The van der Waals surface area contributed by atoms with E-state index in [-0.39, 0.29) is 5.82 Å². The molecule has 0 saturated carbocycles. The molecule has 0 amide bonds. The lowest BCUT2D eigenvalue weighted by Gasteiger charge is -2.03. The lowest BCUT2D eigenvalue weighted by atomic mass is 10.2. The second-order valence-electron chi connectivity index (χ2n) is 3.70.